The summed E-state index contributed by atoms with van der Waals surface area (Å²) in [5.74, 6) is 0.384. The molecule has 0 spiro atoms. The van der Waals surface area contributed by atoms with Crippen LogP contribution in [0.1, 0.15) is 16.3 Å². The van der Waals surface area contributed by atoms with Crippen molar-refractivity contribution in [2.75, 3.05) is 12.8 Å². The molecular formula is C15H14FN3OS2. The summed E-state index contributed by atoms with van der Waals surface area (Å²) in [7, 11) is 1.58. The summed E-state index contributed by atoms with van der Waals surface area (Å²) in [5, 5.41) is 3.40. The molecule has 4 nitrogen and oxygen atoms in total. The summed E-state index contributed by atoms with van der Waals surface area (Å²) >= 11 is 2.95. The molecular weight excluding hydrogens is 321 g/mol. The van der Waals surface area contributed by atoms with Gasteiger partial charge in [-0.25, -0.2) is 14.4 Å². The number of rotatable bonds is 4. The normalized spacial score (nSPS) is 10.9. The fraction of sp³-hybridized carbons (Fsp3) is 0.200. The van der Waals surface area contributed by atoms with Crippen LogP contribution in [0.4, 0.5) is 9.52 Å². The molecule has 3 aromatic rings. The third kappa shape index (κ3) is 2.95. The predicted molar refractivity (Wildman–Crippen MR) is 88.1 cm³/mol. The Balaban J connectivity index is 1.89. The fourth-order valence-corrected chi connectivity index (χ4v) is 3.88. The van der Waals surface area contributed by atoms with Crippen molar-refractivity contribution in [3.05, 3.63) is 45.7 Å². The van der Waals surface area contributed by atoms with E-state index in [4.69, 9.17) is 10.5 Å². The van der Waals surface area contributed by atoms with E-state index in [1.165, 1.54) is 34.8 Å². The lowest BCUT2D eigenvalue weighted by molar-refractivity contribution is 0.409. The van der Waals surface area contributed by atoms with Crippen molar-refractivity contribution >= 4 is 27.8 Å². The second kappa shape index (κ2) is 6.02. The van der Waals surface area contributed by atoms with Gasteiger partial charge in [-0.15, -0.1) is 11.3 Å². The number of ether oxygens (including phenoxy) is 1. The molecule has 0 saturated carbocycles. The molecule has 7 heteroatoms. The van der Waals surface area contributed by atoms with E-state index in [0.29, 0.717) is 17.3 Å². The van der Waals surface area contributed by atoms with E-state index in [1.54, 1.807) is 13.2 Å². The number of thiazole rings is 2. The van der Waals surface area contributed by atoms with Gasteiger partial charge in [0.25, 0.3) is 0 Å². The van der Waals surface area contributed by atoms with E-state index >= 15 is 0 Å². The Morgan fingerprint density at radius 3 is 2.82 bits per heavy atom. The summed E-state index contributed by atoms with van der Waals surface area (Å²) in [4.78, 5) is 9.80. The van der Waals surface area contributed by atoms with E-state index in [-0.39, 0.29) is 5.82 Å². The van der Waals surface area contributed by atoms with Crippen LogP contribution >= 0.6 is 22.7 Å². The standard InChI is InChI=1S/C15H14FN3OS2/c1-8-14(22-15(17)18-8)11-7-21-13(19-11)6-9-5-10(16)3-4-12(9)20-2/h3-5,7H,6H2,1-2H3,(H2,17,18). The lowest BCUT2D eigenvalue weighted by Crippen LogP contribution is -1.94. The molecule has 0 atom stereocenters. The highest BCUT2D eigenvalue weighted by molar-refractivity contribution is 7.19. The number of aryl methyl sites for hydroxylation is 1. The minimum absolute atomic E-state index is 0.279. The van der Waals surface area contributed by atoms with Crippen LogP contribution in [0.2, 0.25) is 0 Å². The molecule has 0 amide bonds. The number of anilines is 1. The van der Waals surface area contributed by atoms with Gasteiger partial charge in [0.05, 0.1) is 28.4 Å². The molecule has 0 bridgehead atoms. The molecule has 2 heterocycles. The van der Waals surface area contributed by atoms with E-state index in [2.05, 4.69) is 9.97 Å². The minimum atomic E-state index is -0.279. The SMILES string of the molecule is COc1ccc(F)cc1Cc1nc(-c2sc(N)nc2C)cs1. The Kier molecular flexibility index (Phi) is 4.08. The Morgan fingerprint density at radius 1 is 1.32 bits per heavy atom. The molecule has 1 aromatic carbocycles. The van der Waals surface area contributed by atoms with Crippen molar-refractivity contribution in [2.45, 2.75) is 13.3 Å². The van der Waals surface area contributed by atoms with Crippen LogP contribution in [0.5, 0.6) is 5.75 Å². The minimum Gasteiger partial charge on any atom is -0.496 e. The van der Waals surface area contributed by atoms with Crippen LogP contribution in [0, 0.1) is 12.7 Å². The molecule has 0 unspecified atom stereocenters. The van der Waals surface area contributed by atoms with Gasteiger partial charge in [0.2, 0.25) is 0 Å². The Morgan fingerprint density at radius 2 is 2.14 bits per heavy atom. The molecule has 3 rings (SSSR count). The van der Waals surface area contributed by atoms with Gasteiger partial charge in [-0.2, -0.15) is 0 Å². The Hall–Kier alpha value is -1.99. The van der Waals surface area contributed by atoms with E-state index in [9.17, 15) is 4.39 Å². The topological polar surface area (TPSA) is 61.0 Å². The lowest BCUT2D eigenvalue weighted by Gasteiger charge is -2.06. The fourth-order valence-electron chi connectivity index (χ4n) is 2.20. The number of halogens is 1. The smallest absolute Gasteiger partial charge is 0.180 e. The van der Waals surface area contributed by atoms with E-state index < -0.39 is 0 Å². The highest BCUT2D eigenvalue weighted by Gasteiger charge is 2.13. The van der Waals surface area contributed by atoms with Crippen molar-refractivity contribution in [3.8, 4) is 16.3 Å². The first-order chi connectivity index (χ1) is 10.6. The van der Waals surface area contributed by atoms with Gasteiger partial charge >= 0.3 is 0 Å². The molecule has 0 aliphatic rings. The Bertz CT molecular complexity index is 813. The zero-order chi connectivity index (χ0) is 15.7. The maximum atomic E-state index is 13.4. The quantitative estimate of drug-likeness (QED) is 0.785. The summed E-state index contributed by atoms with van der Waals surface area (Å²) in [6, 6.07) is 4.50. The van der Waals surface area contributed by atoms with Gasteiger partial charge in [-0.3, -0.25) is 0 Å². The lowest BCUT2D eigenvalue weighted by atomic mass is 10.1. The first-order valence-corrected chi connectivity index (χ1v) is 8.26. The number of benzene rings is 1. The molecule has 0 radical (unpaired) electrons. The first-order valence-electron chi connectivity index (χ1n) is 6.57. The highest BCUT2D eigenvalue weighted by Crippen LogP contribution is 2.33. The van der Waals surface area contributed by atoms with Gasteiger partial charge in [-0.1, -0.05) is 11.3 Å². The summed E-state index contributed by atoms with van der Waals surface area (Å²) in [5.41, 5.74) is 8.25. The van der Waals surface area contributed by atoms with Crippen LogP contribution in [0.3, 0.4) is 0 Å². The molecule has 0 aliphatic heterocycles. The number of nitrogens with zero attached hydrogens (tertiary/aromatic N) is 2. The van der Waals surface area contributed by atoms with E-state index in [0.717, 1.165) is 26.8 Å². The van der Waals surface area contributed by atoms with Crippen molar-refractivity contribution in [3.63, 3.8) is 0 Å². The third-order valence-corrected chi connectivity index (χ3v) is 5.04. The van der Waals surface area contributed by atoms with Crippen LogP contribution in [0.15, 0.2) is 23.6 Å². The number of hydrogen-bond donors (Lipinski definition) is 1. The zero-order valence-corrected chi connectivity index (χ0v) is 13.7. The van der Waals surface area contributed by atoms with Crippen LogP contribution < -0.4 is 10.5 Å². The predicted octanol–water partition coefficient (Wildman–Crippen LogP) is 3.90. The largest absolute Gasteiger partial charge is 0.496 e. The zero-order valence-electron chi connectivity index (χ0n) is 12.1. The molecule has 0 saturated heterocycles. The monoisotopic (exact) mass is 335 g/mol. The number of nitrogen functional groups attached to an aromatic ring is 1. The van der Waals surface area contributed by atoms with Crippen LogP contribution in [-0.4, -0.2) is 17.1 Å². The van der Waals surface area contributed by atoms with Crippen molar-refractivity contribution in [2.24, 2.45) is 0 Å². The maximum Gasteiger partial charge on any atom is 0.180 e. The summed E-state index contributed by atoms with van der Waals surface area (Å²) < 4.78 is 18.7. The number of nitrogens with two attached hydrogens (primary N) is 1. The van der Waals surface area contributed by atoms with Gasteiger partial charge in [0.15, 0.2) is 5.13 Å². The number of methoxy groups -OCH3 is 1. The molecule has 114 valence electrons. The van der Waals surface area contributed by atoms with Gasteiger partial charge < -0.3 is 10.5 Å². The van der Waals surface area contributed by atoms with Crippen LogP contribution in [0.25, 0.3) is 10.6 Å². The summed E-state index contributed by atoms with van der Waals surface area (Å²) in [6.45, 7) is 1.91. The van der Waals surface area contributed by atoms with Crippen molar-refractivity contribution in [1.82, 2.24) is 9.97 Å². The summed E-state index contributed by atoms with van der Waals surface area (Å²) in [6.07, 6.45) is 0.527. The maximum absolute atomic E-state index is 13.4. The molecule has 2 aromatic heterocycles. The van der Waals surface area contributed by atoms with Crippen molar-refractivity contribution in [1.29, 1.82) is 0 Å². The Labute approximate surface area is 135 Å². The molecule has 0 aliphatic carbocycles. The molecule has 2 N–H and O–H groups in total. The first kappa shape index (κ1) is 14.9. The average molecular weight is 335 g/mol. The van der Waals surface area contributed by atoms with Gasteiger partial charge in [-0.05, 0) is 25.1 Å². The third-order valence-electron chi connectivity index (χ3n) is 3.18. The second-order valence-electron chi connectivity index (χ2n) is 4.73. The van der Waals surface area contributed by atoms with Crippen LogP contribution in [-0.2, 0) is 6.42 Å². The molecule has 0 fully saturated rings. The van der Waals surface area contributed by atoms with E-state index in [1.807, 2.05) is 12.3 Å². The van der Waals surface area contributed by atoms with Crippen molar-refractivity contribution < 1.29 is 9.13 Å². The molecule has 22 heavy (non-hydrogen) atoms. The number of hydrogen-bond acceptors (Lipinski definition) is 6. The second-order valence-corrected chi connectivity index (χ2v) is 6.70. The number of aromatic nitrogens is 2. The van der Waals surface area contributed by atoms with Gasteiger partial charge in [0, 0.05) is 17.4 Å². The van der Waals surface area contributed by atoms with Gasteiger partial charge in [0.1, 0.15) is 11.6 Å². The average Bonchev–Trinajstić information content (AvgIpc) is 3.05. The highest BCUT2D eigenvalue weighted by atomic mass is 32.1.